The second-order valence-corrected chi connectivity index (χ2v) is 3.62. The molecule has 0 bridgehead atoms. The number of carbonyl (C=O) groups is 1. The van der Waals surface area contributed by atoms with Crippen LogP contribution in [0.1, 0.15) is 17.3 Å². The molecule has 0 saturated heterocycles. The molecule has 1 aromatic rings. The minimum absolute atomic E-state index is 0.218. The van der Waals surface area contributed by atoms with Crippen LogP contribution in [0.15, 0.2) is 0 Å². The molecule has 0 saturated carbocycles. The van der Waals surface area contributed by atoms with E-state index in [4.69, 9.17) is 10.4 Å². The molecule has 0 amide bonds. The van der Waals surface area contributed by atoms with E-state index < -0.39 is 40.6 Å². The second-order valence-electron chi connectivity index (χ2n) is 3.62. The number of methoxy groups -OCH3 is 1. The molecule has 1 rings (SSSR count). The number of rotatable bonds is 4. The van der Waals surface area contributed by atoms with Crippen molar-refractivity contribution in [1.29, 1.82) is 0 Å². The summed E-state index contributed by atoms with van der Waals surface area (Å²) in [6.07, 6.45) is -0.218. The van der Waals surface area contributed by atoms with Crippen molar-refractivity contribution in [2.24, 2.45) is 0 Å². The molecule has 0 heterocycles. The van der Waals surface area contributed by atoms with E-state index in [0.29, 0.717) is 6.61 Å². The van der Waals surface area contributed by atoms with Crippen molar-refractivity contribution in [3.8, 4) is 0 Å². The van der Waals surface area contributed by atoms with Gasteiger partial charge in [0.25, 0.3) is 0 Å². The van der Waals surface area contributed by atoms with Crippen molar-refractivity contribution in [2.45, 2.75) is 13.0 Å². The molecule has 1 atom stereocenters. The zero-order valence-electron chi connectivity index (χ0n) is 10.8. The van der Waals surface area contributed by atoms with Crippen LogP contribution < -0.4 is 0 Å². The van der Waals surface area contributed by atoms with E-state index >= 15 is 0 Å². The topological polar surface area (TPSA) is 76.0 Å². The van der Waals surface area contributed by atoms with Gasteiger partial charge in [0.1, 0.15) is 11.7 Å². The summed E-state index contributed by atoms with van der Waals surface area (Å²) in [7, 11) is 1.55. The third-order valence-corrected chi connectivity index (χ3v) is 2.00. The van der Waals surface area contributed by atoms with Gasteiger partial charge in [-0.15, -0.1) is 0 Å². The number of hydrogen-bond donors (Lipinski definition) is 2. The van der Waals surface area contributed by atoms with E-state index in [0.717, 1.165) is 0 Å². The predicted molar refractivity (Wildman–Crippen MR) is 58.2 cm³/mol. The fourth-order valence-electron chi connectivity index (χ4n) is 1.06. The summed E-state index contributed by atoms with van der Waals surface area (Å²) >= 11 is 0. The Morgan fingerprint density at radius 1 is 1.05 bits per heavy atom. The van der Waals surface area contributed by atoms with Crippen LogP contribution in [0.4, 0.5) is 22.0 Å². The minimum atomic E-state index is -2.38. The lowest BCUT2D eigenvalue weighted by Gasteiger charge is -2.03. The number of carboxylic acid groups (broad SMARTS) is 1. The fourth-order valence-corrected chi connectivity index (χ4v) is 1.06. The van der Waals surface area contributed by atoms with Crippen LogP contribution in [0.3, 0.4) is 0 Å². The zero-order chi connectivity index (χ0) is 16.7. The quantitative estimate of drug-likeness (QED) is 0.293. The fraction of sp³-hybridized carbons (Fsp3) is 0.364. The molecule has 5 nitrogen and oxygen atoms in total. The Morgan fingerprint density at radius 2 is 1.43 bits per heavy atom. The number of halogens is 5. The summed E-state index contributed by atoms with van der Waals surface area (Å²) in [6, 6.07) is 0. The van der Waals surface area contributed by atoms with E-state index in [9.17, 15) is 26.7 Å². The normalized spacial score (nSPS) is 11.6. The van der Waals surface area contributed by atoms with Gasteiger partial charge in [-0.05, 0) is 6.92 Å². The highest BCUT2D eigenvalue weighted by Crippen LogP contribution is 2.22. The summed E-state index contributed by atoms with van der Waals surface area (Å²) in [4.78, 5) is 14.0. The number of aromatic carboxylic acids is 1. The highest BCUT2D eigenvalue weighted by molar-refractivity contribution is 5.88. The summed E-state index contributed by atoms with van der Waals surface area (Å²) in [5.74, 6) is -13.9. The Balaban J connectivity index is 0.000000486. The van der Waals surface area contributed by atoms with Gasteiger partial charge in [0.2, 0.25) is 5.82 Å². The van der Waals surface area contributed by atoms with E-state index in [-0.39, 0.29) is 6.10 Å². The van der Waals surface area contributed by atoms with Crippen LogP contribution in [0, 0.1) is 29.1 Å². The maximum absolute atomic E-state index is 12.6. The smallest absolute Gasteiger partial charge is 0.341 e. The Hall–Kier alpha value is -1.78. The average molecular weight is 318 g/mol. The highest BCUT2D eigenvalue weighted by atomic mass is 19.2. The van der Waals surface area contributed by atoms with Crippen LogP contribution in [0.25, 0.3) is 0 Å². The summed E-state index contributed by atoms with van der Waals surface area (Å²) in [5, 5.41) is 16.0. The Morgan fingerprint density at radius 3 is 1.67 bits per heavy atom. The van der Waals surface area contributed by atoms with Crippen LogP contribution in [-0.2, 0) is 9.62 Å². The summed E-state index contributed by atoms with van der Waals surface area (Å²) in [5.41, 5.74) is -1.86. The van der Waals surface area contributed by atoms with E-state index in [1.54, 1.807) is 14.0 Å². The van der Waals surface area contributed by atoms with Crippen LogP contribution in [-0.4, -0.2) is 36.2 Å². The molecular formula is C11H11F5O5. The van der Waals surface area contributed by atoms with Crippen molar-refractivity contribution in [1.82, 2.24) is 0 Å². The lowest BCUT2D eigenvalue weighted by atomic mass is 10.1. The zero-order valence-corrected chi connectivity index (χ0v) is 10.8. The first-order valence-electron chi connectivity index (χ1n) is 5.22. The minimum Gasteiger partial charge on any atom is -0.477 e. The van der Waals surface area contributed by atoms with Gasteiger partial charge in [-0.2, -0.15) is 0 Å². The molecule has 0 radical (unpaired) electrons. The summed E-state index contributed by atoms with van der Waals surface area (Å²) < 4.78 is 66.7. The largest absolute Gasteiger partial charge is 0.477 e. The Kier molecular flexibility index (Phi) is 7.77. The molecule has 0 aliphatic rings. The molecule has 0 spiro atoms. The van der Waals surface area contributed by atoms with Crippen molar-refractivity contribution in [3.05, 3.63) is 34.6 Å². The first-order valence-corrected chi connectivity index (χ1v) is 5.22. The second kappa shape index (κ2) is 8.49. The molecule has 0 aromatic heterocycles. The predicted octanol–water partition coefficient (Wildman–Crippen LogP) is 2.59. The van der Waals surface area contributed by atoms with Crippen LogP contribution >= 0.6 is 0 Å². The lowest BCUT2D eigenvalue weighted by Crippen LogP contribution is -2.11. The molecule has 120 valence electrons. The van der Waals surface area contributed by atoms with E-state index in [1.807, 2.05) is 0 Å². The standard InChI is InChI=1S/C7HF5O2.C4H10O3/c8-2-1(7(13)14)3(9)5(11)6(12)4(2)10;1-4(7-5)3-6-2/h(H,13,14);4-5H,3H2,1-2H3. The average Bonchev–Trinajstić information content (AvgIpc) is 2.43. The van der Waals surface area contributed by atoms with Crippen molar-refractivity contribution in [2.75, 3.05) is 13.7 Å². The maximum atomic E-state index is 12.6. The molecular weight excluding hydrogens is 307 g/mol. The molecule has 0 aliphatic heterocycles. The van der Waals surface area contributed by atoms with Gasteiger partial charge in [-0.3, -0.25) is 5.26 Å². The molecule has 0 fully saturated rings. The van der Waals surface area contributed by atoms with Crippen LogP contribution in [0.2, 0.25) is 0 Å². The van der Waals surface area contributed by atoms with Crippen molar-refractivity contribution < 1.29 is 46.7 Å². The third-order valence-electron chi connectivity index (χ3n) is 2.00. The van der Waals surface area contributed by atoms with Gasteiger partial charge in [0.15, 0.2) is 23.3 Å². The third kappa shape index (κ3) is 4.92. The number of carboxylic acids is 1. The molecule has 2 N–H and O–H groups in total. The Bertz CT molecular complexity index is 479. The molecule has 21 heavy (non-hydrogen) atoms. The van der Waals surface area contributed by atoms with Gasteiger partial charge in [0.05, 0.1) is 6.61 Å². The maximum Gasteiger partial charge on any atom is 0.341 e. The lowest BCUT2D eigenvalue weighted by molar-refractivity contribution is -0.281. The summed E-state index contributed by atoms with van der Waals surface area (Å²) in [6.45, 7) is 2.14. The number of benzene rings is 1. The van der Waals surface area contributed by atoms with Gasteiger partial charge in [-0.25, -0.2) is 31.6 Å². The van der Waals surface area contributed by atoms with Gasteiger partial charge in [-0.1, -0.05) is 0 Å². The van der Waals surface area contributed by atoms with E-state index in [2.05, 4.69) is 9.62 Å². The number of hydrogen-bond acceptors (Lipinski definition) is 4. The number of ether oxygens (including phenoxy) is 1. The highest BCUT2D eigenvalue weighted by Gasteiger charge is 2.29. The van der Waals surface area contributed by atoms with Gasteiger partial charge >= 0.3 is 5.97 Å². The SMILES string of the molecule is COCC(C)OO.O=C(O)c1c(F)c(F)c(F)c(F)c1F. The first kappa shape index (κ1) is 19.2. The van der Waals surface area contributed by atoms with Crippen molar-refractivity contribution >= 4 is 5.97 Å². The van der Waals surface area contributed by atoms with Gasteiger partial charge < -0.3 is 9.84 Å². The first-order chi connectivity index (χ1) is 9.68. The molecule has 1 unspecified atom stereocenters. The molecule has 0 aliphatic carbocycles. The van der Waals surface area contributed by atoms with Crippen LogP contribution in [0.5, 0.6) is 0 Å². The monoisotopic (exact) mass is 318 g/mol. The molecule has 10 heteroatoms. The van der Waals surface area contributed by atoms with Gasteiger partial charge in [0, 0.05) is 7.11 Å². The van der Waals surface area contributed by atoms with Crippen molar-refractivity contribution in [3.63, 3.8) is 0 Å². The Labute approximate surface area is 115 Å². The van der Waals surface area contributed by atoms with E-state index in [1.165, 1.54) is 0 Å². The molecule has 1 aromatic carbocycles.